The fraction of sp³-hybridized carbons (Fsp3) is 0.500. The number of hydrogen-bond acceptors (Lipinski definition) is 3. The normalized spacial score (nSPS) is 16.1. The summed E-state index contributed by atoms with van der Waals surface area (Å²) in [6.45, 7) is 5.68. The minimum absolute atomic E-state index is 0.103. The van der Waals surface area contributed by atoms with Gasteiger partial charge in [0.1, 0.15) is 5.54 Å². The van der Waals surface area contributed by atoms with Crippen LogP contribution in [0.5, 0.6) is 0 Å². The van der Waals surface area contributed by atoms with Gasteiger partial charge >= 0.3 is 0 Å². The lowest BCUT2D eigenvalue weighted by Gasteiger charge is -2.25. The van der Waals surface area contributed by atoms with Crippen LogP contribution in [0.1, 0.15) is 26.3 Å². The summed E-state index contributed by atoms with van der Waals surface area (Å²) in [4.78, 5) is 12.0. The predicted molar refractivity (Wildman–Crippen MR) is 71.8 cm³/mol. The maximum atomic E-state index is 12.0. The zero-order chi connectivity index (χ0) is 13.8. The molecule has 18 heavy (non-hydrogen) atoms. The van der Waals surface area contributed by atoms with Crippen molar-refractivity contribution in [1.29, 1.82) is 0 Å². The van der Waals surface area contributed by atoms with Gasteiger partial charge in [0, 0.05) is 6.54 Å². The van der Waals surface area contributed by atoms with Crippen molar-refractivity contribution < 1.29 is 9.90 Å². The van der Waals surface area contributed by atoms with Gasteiger partial charge in [-0.3, -0.25) is 4.79 Å². The summed E-state index contributed by atoms with van der Waals surface area (Å²) in [5, 5.41) is 12.3. The standard InChI is InChI=1S/C14H22N2O2/c1-10(2)12(17)9-16-13(18)14(3,15)11-7-5-4-6-8-11/h4-8,10,12,17H,9,15H2,1-3H3,(H,16,18). The molecule has 0 saturated carbocycles. The highest BCUT2D eigenvalue weighted by atomic mass is 16.3. The Bertz CT molecular complexity index is 388. The molecule has 0 spiro atoms. The van der Waals surface area contributed by atoms with E-state index >= 15 is 0 Å². The molecule has 0 aliphatic rings. The van der Waals surface area contributed by atoms with Gasteiger partial charge in [0.15, 0.2) is 0 Å². The molecular weight excluding hydrogens is 228 g/mol. The molecule has 1 rings (SSSR count). The van der Waals surface area contributed by atoms with E-state index in [1.54, 1.807) is 6.92 Å². The van der Waals surface area contributed by atoms with E-state index in [-0.39, 0.29) is 18.4 Å². The number of carbonyl (C=O) groups excluding carboxylic acids is 1. The number of rotatable bonds is 5. The van der Waals surface area contributed by atoms with Crippen molar-refractivity contribution in [1.82, 2.24) is 5.32 Å². The highest BCUT2D eigenvalue weighted by Gasteiger charge is 2.30. The molecule has 0 fully saturated rings. The lowest BCUT2D eigenvalue weighted by Crippen LogP contribution is -2.51. The number of nitrogens with two attached hydrogens (primary N) is 1. The molecule has 2 unspecified atom stereocenters. The second-order valence-electron chi connectivity index (χ2n) is 5.09. The molecule has 0 aromatic heterocycles. The molecule has 4 heteroatoms. The van der Waals surface area contributed by atoms with E-state index in [1.807, 2.05) is 44.2 Å². The number of carbonyl (C=O) groups is 1. The van der Waals surface area contributed by atoms with Crippen LogP contribution in [0.3, 0.4) is 0 Å². The minimum Gasteiger partial charge on any atom is -0.391 e. The molecule has 0 radical (unpaired) electrons. The Morgan fingerprint density at radius 1 is 1.39 bits per heavy atom. The topological polar surface area (TPSA) is 75.3 Å². The number of aliphatic hydroxyl groups is 1. The van der Waals surface area contributed by atoms with Crippen molar-refractivity contribution in [3.05, 3.63) is 35.9 Å². The van der Waals surface area contributed by atoms with Gasteiger partial charge in [0.05, 0.1) is 6.10 Å². The Labute approximate surface area is 108 Å². The summed E-state index contributed by atoms with van der Waals surface area (Å²) in [7, 11) is 0. The SMILES string of the molecule is CC(C)C(O)CNC(=O)C(C)(N)c1ccccc1. The first-order valence-electron chi connectivity index (χ1n) is 6.16. The van der Waals surface area contributed by atoms with Crippen LogP contribution in [0.25, 0.3) is 0 Å². The fourth-order valence-electron chi connectivity index (χ4n) is 1.53. The number of amides is 1. The van der Waals surface area contributed by atoms with E-state index in [0.717, 1.165) is 5.56 Å². The van der Waals surface area contributed by atoms with Crippen molar-refractivity contribution in [3.8, 4) is 0 Å². The largest absolute Gasteiger partial charge is 0.391 e. The first kappa shape index (κ1) is 14.7. The van der Waals surface area contributed by atoms with E-state index in [1.165, 1.54) is 0 Å². The van der Waals surface area contributed by atoms with E-state index in [0.29, 0.717) is 0 Å². The van der Waals surface area contributed by atoms with E-state index in [2.05, 4.69) is 5.32 Å². The molecule has 0 bridgehead atoms. The molecule has 0 aliphatic carbocycles. The van der Waals surface area contributed by atoms with Crippen LogP contribution in [-0.4, -0.2) is 23.7 Å². The second-order valence-corrected chi connectivity index (χ2v) is 5.09. The highest BCUT2D eigenvalue weighted by Crippen LogP contribution is 2.17. The summed E-state index contributed by atoms with van der Waals surface area (Å²) in [5.74, 6) is -0.181. The van der Waals surface area contributed by atoms with Crippen LogP contribution in [0.15, 0.2) is 30.3 Å². The molecule has 0 saturated heterocycles. The third-order valence-corrected chi connectivity index (χ3v) is 3.09. The summed E-state index contributed by atoms with van der Waals surface area (Å²) in [5.41, 5.74) is 5.72. The average molecular weight is 250 g/mol. The van der Waals surface area contributed by atoms with Gasteiger partial charge < -0.3 is 16.2 Å². The quantitative estimate of drug-likeness (QED) is 0.729. The van der Waals surface area contributed by atoms with Gasteiger partial charge in [-0.05, 0) is 18.4 Å². The summed E-state index contributed by atoms with van der Waals surface area (Å²) < 4.78 is 0. The van der Waals surface area contributed by atoms with Crippen LogP contribution < -0.4 is 11.1 Å². The predicted octanol–water partition coefficient (Wildman–Crippen LogP) is 0.994. The van der Waals surface area contributed by atoms with Gasteiger partial charge in [0.2, 0.25) is 5.91 Å². The summed E-state index contributed by atoms with van der Waals surface area (Å²) in [6.07, 6.45) is -0.555. The Kier molecular flexibility index (Phi) is 4.87. The first-order valence-corrected chi connectivity index (χ1v) is 6.16. The van der Waals surface area contributed by atoms with Crippen molar-refractivity contribution in [2.75, 3.05) is 6.54 Å². The van der Waals surface area contributed by atoms with Crippen molar-refractivity contribution >= 4 is 5.91 Å². The van der Waals surface area contributed by atoms with Crippen LogP contribution in [0.2, 0.25) is 0 Å². The van der Waals surface area contributed by atoms with E-state index in [4.69, 9.17) is 5.73 Å². The molecule has 4 nitrogen and oxygen atoms in total. The fourth-order valence-corrected chi connectivity index (χ4v) is 1.53. The van der Waals surface area contributed by atoms with E-state index < -0.39 is 11.6 Å². The maximum Gasteiger partial charge on any atom is 0.244 e. The van der Waals surface area contributed by atoms with Crippen LogP contribution in [0.4, 0.5) is 0 Å². The summed E-state index contributed by atoms with van der Waals surface area (Å²) in [6, 6.07) is 9.20. The molecular formula is C14H22N2O2. The third-order valence-electron chi connectivity index (χ3n) is 3.09. The Hall–Kier alpha value is -1.39. The summed E-state index contributed by atoms with van der Waals surface area (Å²) >= 11 is 0. The van der Waals surface area contributed by atoms with Gasteiger partial charge in [-0.1, -0.05) is 44.2 Å². The smallest absolute Gasteiger partial charge is 0.244 e. The highest BCUT2D eigenvalue weighted by molar-refractivity contribution is 5.86. The molecule has 1 amide bonds. The zero-order valence-electron chi connectivity index (χ0n) is 11.2. The molecule has 1 aromatic rings. The Morgan fingerprint density at radius 2 is 1.94 bits per heavy atom. The molecule has 0 heterocycles. The Morgan fingerprint density at radius 3 is 2.44 bits per heavy atom. The van der Waals surface area contributed by atoms with Gasteiger partial charge in [-0.15, -0.1) is 0 Å². The third kappa shape index (κ3) is 3.55. The van der Waals surface area contributed by atoms with Gasteiger partial charge in [0.25, 0.3) is 0 Å². The first-order chi connectivity index (χ1) is 8.35. The van der Waals surface area contributed by atoms with Crippen LogP contribution >= 0.6 is 0 Å². The van der Waals surface area contributed by atoms with Crippen molar-refractivity contribution in [2.24, 2.45) is 11.7 Å². The van der Waals surface area contributed by atoms with Crippen LogP contribution in [-0.2, 0) is 10.3 Å². The number of benzene rings is 1. The lowest BCUT2D eigenvalue weighted by atomic mass is 9.92. The van der Waals surface area contributed by atoms with Crippen LogP contribution in [0, 0.1) is 5.92 Å². The molecule has 1 aromatic carbocycles. The van der Waals surface area contributed by atoms with Crippen molar-refractivity contribution in [3.63, 3.8) is 0 Å². The molecule has 2 atom stereocenters. The minimum atomic E-state index is -1.09. The number of hydrogen-bond donors (Lipinski definition) is 3. The molecule has 100 valence electrons. The lowest BCUT2D eigenvalue weighted by molar-refractivity contribution is -0.126. The maximum absolute atomic E-state index is 12.0. The number of aliphatic hydroxyl groups excluding tert-OH is 1. The van der Waals surface area contributed by atoms with E-state index in [9.17, 15) is 9.90 Å². The van der Waals surface area contributed by atoms with Gasteiger partial charge in [-0.2, -0.15) is 0 Å². The van der Waals surface area contributed by atoms with Gasteiger partial charge in [-0.25, -0.2) is 0 Å². The monoisotopic (exact) mass is 250 g/mol. The number of nitrogens with one attached hydrogen (secondary N) is 1. The van der Waals surface area contributed by atoms with Crippen molar-refractivity contribution in [2.45, 2.75) is 32.4 Å². The average Bonchev–Trinajstić information content (AvgIpc) is 2.36. The zero-order valence-corrected chi connectivity index (χ0v) is 11.2. The second kappa shape index (κ2) is 5.98. The molecule has 0 aliphatic heterocycles. The molecule has 4 N–H and O–H groups in total. The Balaban J connectivity index is 2.66.